The van der Waals surface area contributed by atoms with Gasteiger partial charge < -0.3 is 10.6 Å². The number of hydrogen-bond donors (Lipinski definition) is 2. The fourth-order valence-corrected chi connectivity index (χ4v) is 3.02. The Bertz CT molecular complexity index is 659. The lowest BCUT2D eigenvalue weighted by molar-refractivity contribution is -0.139. The number of nitrogens with one attached hydrogen (secondary N) is 2. The summed E-state index contributed by atoms with van der Waals surface area (Å²) in [6.45, 7) is 0.734. The number of piperazine rings is 1. The van der Waals surface area contributed by atoms with Gasteiger partial charge in [-0.1, -0.05) is 18.2 Å². The van der Waals surface area contributed by atoms with Crippen LogP contribution in [0, 0.1) is 0 Å². The van der Waals surface area contributed by atoms with Gasteiger partial charge in [0, 0.05) is 25.7 Å². The first kappa shape index (κ1) is 17.7. The van der Waals surface area contributed by atoms with Crippen LogP contribution >= 0.6 is 0 Å². The number of alkyl halides is 3. The smallest absolute Gasteiger partial charge is 0.353 e. The van der Waals surface area contributed by atoms with Gasteiger partial charge in [0.1, 0.15) is 0 Å². The minimum atomic E-state index is -4.45. The predicted molar refractivity (Wildman–Crippen MR) is 84.4 cm³/mol. The van der Waals surface area contributed by atoms with Gasteiger partial charge in [0.15, 0.2) is 0 Å². The number of hydrogen-bond acceptors (Lipinski definition) is 3. The highest BCUT2D eigenvalue weighted by molar-refractivity contribution is 5.89. The number of carbonyl (C=O) groups is 2. The van der Waals surface area contributed by atoms with E-state index >= 15 is 0 Å². The van der Waals surface area contributed by atoms with Crippen LogP contribution in [0.4, 0.5) is 13.2 Å². The Morgan fingerprint density at radius 3 is 2.68 bits per heavy atom. The van der Waals surface area contributed by atoms with E-state index in [9.17, 15) is 22.8 Å². The fourth-order valence-electron chi connectivity index (χ4n) is 3.02. The summed E-state index contributed by atoms with van der Waals surface area (Å²) in [5.74, 6) is -0.555. The van der Waals surface area contributed by atoms with E-state index < -0.39 is 17.8 Å². The molecule has 1 atom stereocenters. The molecule has 1 aromatic rings. The third-order valence-corrected chi connectivity index (χ3v) is 4.46. The lowest BCUT2D eigenvalue weighted by Crippen LogP contribution is -2.56. The van der Waals surface area contributed by atoms with E-state index in [-0.39, 0.29) is 36.4 Å². The minimum absolute atomic E-state index is 0.0233. The molecule has 2 N–H and O–H groups in total. The number of benzene rings is 1. The maximum atomic E-state index is 13.2. The molecule has 1 saturated heterocycles. The SMILES string of the molecule is O=C(CC1C(=O)NCCN1Cc1ccccc1C(F)(F)F)NC1CC1. The summed E-state index contributed by atoms with van der Waals surface area (Å²) in [6.07, 6.45) is -2.62. The van der Waals surface area contributed by atoms with Crippen molar-refractivity contribution < 1.29 is 22.8 Å². The van der Waals surface area contributed by atoms with Crippen molar-refractivity contribution in [3.63, 3.8) is 0 Å². The van der Waals surface area contributed by atoms with Crippen molar-refractivity contribution in [2.75, 3.05) is 13.1 Å². The van der Waals surface area contributed by atoms with Gasteiger partial charge in [0.05, 0.1) is 18.0 Å². The zero-order valence-corrected chi connectivity index (χ0v) is 13.6. The minimum Gasteiger partial charge on any atom is -0.353 e. The summed E-state index contributed by atoms with van der Waals surface area (Å²) >= 11 is 0. The summed E-state index contributed by atoms with van der Waals surface area (Å²) in [7, 11) is 0. The Morgan fingerprint density at radius 2 is 2.00 bits per heavy atom. The number of halogens is 3. The van der Waals surface area contributed by atoms with E-state index in [1.165, 1.54) is 12.1 Å². The third-order valence-electron chi connectivity index (χ3n) is 4.46. The molecule has 0 spiro atoms. The second-order valence-corrected chi connectivity index (χ2v) is 6.48. The molecular weight excluding hydrogens is 335 g/mol. The molecular formula is C17H20F3N3O2. The van der Waals surface area contributed by atoms with Gasteiger partial charge in [-0.25, -0.2) is 0 Å². The van der Waals surface area contributed by atoms with E-state index in [0.717, 1.165) is 18.9 Å². The van der Waals surface area contributed by atoms with Crippen molar-refractivity contribution in [1.29, 1.82) is 0 Å². The second kappa shape index (κ2) is 7.03. The number of nitrogens with zero attached hydrogens (tertiary/aromatic N) is 1. The molecule has 1 saturated carbocycles. The van der Waals surface area contributed by atoms with Crippen LogP contribution in [-0.2, 0) is 22.3 Å². The molecule has 1 aromatic carbocycles. The van der Waals surface area contributed by atoms with E-state index in [0.29, 0.717) is 13.1 Å². The quantitative estimate of drug-likeness (QED) is 0.845. The van der Waals surface area contributed by atoms with Crippen molar-refractivity contribution in [3.8, 4) is 0 Å². The number of carbonyl (C=O) groups excluding carboxylic acids is 2. The lowest BCUT2D eigenvalue weighted by atomic mass is 10.0. The predicted octanol–water partition coefficient (Wildman–Crippen LogP) is 1.67. The summed E-state index contributed by atoms with van der Waals surface area (Å²) < 4.78 is 39.5. The summed E-state index contributed by atoms with van der Waals surface area (Å²) in [5.41, 5.74) is -0.598. The van der Waals surface area contributed by atoms with Gasteiger partial charge in [-0.3, -0.25) is 14.5 Å². The lowest BCUT2D eigenvalue weighted by Gasteiger charge is -2.35. The van der Waals surface area contributed by atoms with Crippen LogP contribution in [0.25, 0.3) is 0 Å². The Morgan fingerprint density at radius 1 is 1.28 bits per heavy atom. The number of amides is 2. The zero-order valence-electron chi connectivity index (χ0n) is 13.6. The molecule has 1 aliphatic carbocycles. The molecule has 8 heteroatoms. The van der Waals surface area contributed by atoms with Gasteiger partial charge in [0.2, 0.25) is 11.8 Å². The van der Waals surface area contributed by atoms with Gasteiger partial charge in [-0.15, -0.1) is 0 Å². The standard InChI is InChI=1S/C17H20F3N3O2/c18-17(19,20)13-4-2-1-3-11(13)10-23-8-7-21-16(25)14(23)9-15(24)22-12-5-6-12/h1-4,12,14H,5-10H2,(H,21,25)(H,22,24). The summed E-state index contributed by atoms with van der Waals surface area (Å²) in [5, 5.41) is 5.50. The van der Waals surface area contributed by atoms with Crippen molar-refractivity contribution in [3.05, 3.63) is 35.4 Å². The molecule has 0 radical (unpaired) electrons. The van der Waals surface area contributed by atoms with Crippen molar-refractivity contribution in [2.24, 2.45) is 0 Å². The molecule has 1 unspecified atom stereocenters. The maximum Gasteiger partial charge on any atom is 0.416 e. The average Bonchev–Trinajstić information content (AvgIpc) is 3.34. The van der Waals surface area contributed by atoms with Crippen molar-refractivity contribution in [1.82, 2.24) is 15.5 Å². The van der Waals surface area contributed by atoms with Gasteiger partial charge in [-0.05, 0) is 24.5 Å². The molecule has 0 aromatic heterocycles. The van der Waals surface area contributed by atoms with Gasteiger partial charge in [0.25, 0.3) is 0 Å². The second-order valence-electron chi connectivity index (χ2n) is 6.48. The highest BCUT2D eigenvalue weighted by Gasteiger charge is 2.36. The Hall–Kier alpha value is -2.09. The Labute approximate surface area is 143 Å². The molecule has 1 heterocycles. The van der Waals surface area contributed by atoms with Crippen molar-refractivity contribution in [2.45, 2.75) is 44.1 Å². The maximum absolute atomic E-state index is 13.2. The van der Waals surface area contributed by atoms with Crippen LogP contribution in [-0.4, -0.2) is 41.9 Å². The summed E-state index contributed by atoms with van der Waals surface area (Å²) in [4.78, 5) is 25.8. The molecule has 25 heavy (non-hydrogen) atoms. The highest BCUT2D eigenvalue weighted by atomic mass is 19.4. The van der Waals surface area contributed by atoms with E-state index in [1.54, 1.807) is 11.0 Å². The first-order chi connectivity index (χ1) is 11.8. The van der Waals surface area contributed by atoms with Crippen LogP contribution in [0.1, 0.15) is 30.4 Å². The third kappa shape index (κ3) is 4.50. The van der Waals surface area contributed by atoms with Crippen LogP contribution < -0.4 is 10.6 Å². The zero-order chi connectivity index (χ0) is 18.0. The van der Waals surface area contributed by atoms with E-state index in [1.807, 2.05) is 0 Å². The topological polar surface area (TPSA) is 61.4 Å². The fraction of sp³-hybridized carbons (Fsp3) is 0.529. The van der Waals surface area contributed by atoms with Crippen LogP contribution in [0.3, 0.4) is 0 Å². The van der Waals surface area contributed by atoms with Gasteiger partial charge in [-0.2, -0.15) is 13.2 Å². The van der Waals surface area contributed by atoms with Crippen molar-refractivity contribution >= 4 is 11.8 Å². The molecule has 1 aliphatic heterocycles. The van der Waals surface area contributed by atoms with E-state index in [2.05, 4.69) is 10.6 Å². The molecule has 2 aliphatic rings. The highest BCUT2D eigenvalue weighted by Crippen LogP contribution is 2.32. The molecule has 5 nitrogen and oxygen atoms in total. The van der Waals surface area contributed by atoms with Crippen LogP contribution in [0.5, 0.6) is 0 Å². The van der Waals surface area contributed by atoms with E-state index in [4.69, 9.17) is 0 Å². The van der Waals surface area contributed by atoms with Crippen LogP contribution in [0.2, 0.25) is 0 Å². The molecule has 136 valence electrons. The van der Waals surface area contributed by atoms with Gasteiger partial charge >= 0.3 is 6.18 Å². The van der Waals surface area contributed by atoms with Crippen LogP contribution in [0.15, 0.2) is 24.3 Å². The molecule has 2 fully saturated rings. The molecule has 3 rings (SSSR count). The molecule has 0 bridgehead atoms. The average molecular weight is 355 g/mol. The largest absolute Gasteiger partial charge is 0.416 e. The first-order valence-electron chi connectivity index (χ1n) is 8.31. The Balaban J connectivity index is 1.74. The normalized spacial score (nSPS) is 21.7. The molecule has 2 amide bonds. The number of rotatable bonds is 5. The summed E-state index contributed by atoms with van der Waals surface area (Å²) in [6, 6.07) is 4.76. The first-order valence-corrected chi connectivity index (χ1v) is 8.31. The monoisotopic (exact) mass is 355 g/mol. The Kier molecular flexibility index (Phi) is 4.99.